The lowest BCUT2D eigenvalue weighted by atomic mass is 10.2. The molecule has 21 heavy (non-hydrogen) atoms. The molecule has 2 rings (SSSR count). The highest BCUT2D eigenvalue weighted by Crippen LogP contribution is 2.21. The minimum Gasteiger partial charge on any atom is -0.507 e. The maximum atomic E-state index is 11.8. The molecule has 5 nitrogen and oxygen atoms in total. The summed E-state index contributed by atoms with van der Waals surface area (Å²) in [5.41, 5.74) is 3.24. The number of phenolic OH excluding ortho intramolecular Hbond substituents is 1. The molecule has 0 heterocycles. The first-order chi connectivity index (χ1) is 10.1. The number of phenols is 1. The summed E-state index contributed by atoms with van der Waals surface area (Å²) in [6.45, 7) is 0. The summed E-state index contributed by atoms with van der Waals surface area (Å²) < 4.78 is 5.04. The fourth-order valence-electron chi connectivity index (χ4n) is 1.61. The topological polar surface area (TPSA) is 70.9 Å². The van der Waals surface area contributed by atoms with Crippen LogP contribution in [0.5, 0.6) is 11.5 Å². The van der Waals surface area contributed by atoms with Gasteiger partial charge >= 0.3 is 0 Å². The number of hydrogen-bond acceptors (Lipinski definition) is 4. The van der Waals surface area contributed by atoms with Crippen LogP contribution < -0.4 is 10.2 Å². The quantitative estimate of drug-likeness (QED) is 0.674. The molecule has 6 heteroatoms. The molecule has 0 aliphatic carbocycles. The highest BCUT2D eigenvalue weighted by molar-refractivity contribution is 6.30. The Morgan fingerprint density at radius 2 is 2.00 bits per heavy atom. The van der Waals surface area contributed by atoms with Crippen LogP contribution in [0.4, 0.5) is 0 Å². The highest BCUT2D eigenvalue weighted by Gasteiger charge is 2.10. The molecule has 0 aromatic heterocycles. The van der Waals surface area contributed by atoms with Crippen molar-refractivity contribution in [3.05, 3.63) is 58.6 Å². The molecule has 0 atom stereocenters. The normalized spacial score (nSPS) is 10.6. The Hall–Kier alpha value is -2.53. The molecule has 0 fully saturated rings. The number of benzene rings is 2. The maximum absolute atomic E-state index is 11.8. The van der Waals surface area contributed by atoms with Gasteiger partial charge in [-0.3, -0.25) is 4.79 Å². The van der Waals surface area contributed by atoms with Gasteiger partial charge in [-0.15, -0.1) is 0 Å². The zero-order valence-electron chi connectivity index (χ0n) is 11.2. The number of nitrogens with zero attached hydrogens (tertiary/aromatic N) is 1. The molecule has 108 valence electrons. The third-order valence-electron chi connectivity index (χ3n) is 2.70. The number of methoxy groups -OCH3 is 1. The van der Waals surface area contributed by atoms with E-state index in [1.807, 2.05) is 0 Å². The van der Waals surface area contributed by atoms with Gasteiger partial charge in [0.1, 0.15) is 11.5 Å². The van der Waals surface area contributed by atoms with E-state index in [0.29, 0.717) is 5.02 Å². The van der Waals surface area contributed by atoms with Gasteiger partial charge in [-0.05, 0) is 48.0 Å². The van der Waals surface area contributed by atoms with Crippen molar-refractivity contribution >= 4 is 23.7 Å². The van der Waals surface area contributed by atoms with Gasteiger partial charge < -0.3 is 9.84 Å². The SMILES string of the molecule is COc1ccc(/C=N/NC(=O)c2ccc(Cl)cc2O)cc1. The standard InChI is InChI=1S/C15H13ClN2O3/c1-21-12-5-2-10(3-6-12)9-17-18-15(20)13-7-4-11(16)8-14(13)19/h2-9,19H,1H3,(H,18,20)/b17-9+. The number of hydrazone groups is 1. The first-order valence-electron chi connectivity index (χ1n) is 6.06. The lowest BCUT2D eigenvalue weighted by Crippen LogP contribution is -2.17. The Labute approximate surface area is 126 Å². The summed E-state index contributed by atoms with van der Waals surface area (Å²) in [7, 11) is 1.59. The molecular weight excluding hydrogens is 292 g/mol. The molecule has 2 aromatic rings. The average Bonchev–Trinajstić information content (AvgIpc) is 2.47. The summed E-state index contributed by atoms with van der Waals surface area (Å²) in [6.07, 6.45) is 1.49. The molecule has 0 aliphatic heterocycles. The van der Waals surface area contributed by atoms with Crippen molar-refractivity contribution in [2.45, 2.75) is 0 Å². The average molecular weight is 305 g/mol. The molecular formula is C15H13ClN2O3. The van der Waals surface area contributed by atoms with Gasteiger partial charge in [0.25, 0.3) is 5.91 Å². The number of ether oxygens (including phenoxy) is 1. The summed E-state index contributed by atoms with van der Waals surface area (Å²) in [6, 6.07) is 11.4. The molecule has 2 N–H and O–H groups in total. The van der Waals surface area contributed by atoms with Crippen molar-refractivity contribution in [1.82, 2.24) is 5.43 Å². The molecule has 0 bridgehead atoms. The van der Waals surface area contributed by atoms with Crippen LogP contribution in [0.15, 0.2) is 47.6 Å². The van der Waals surface area contributed by atoms with Crippen LogP contribution in [0.25, 0.3) is 0 Å². The van der Waals surface area contributed by atoms with E-state index in [1.165, 1.54) is 24.4 Å². The van der Waals surface area contributed by atoms with Gasteiger partial charge in [-0.1, -0.05) is 11.6 Å². The predicted octanol–water partition coefficient (Wildman–Crippen LogP) is 2.82. The zero-order valence-corrected chi connectivity index (χ0v) is 12.0. The van der Waals surface area contributed by atoms with Crippen molar-refractivity contribution in [2.75, 3.05) is 7.11 Å². The lowest BCUT2D eigenvalue weighted by Gasteiger charge is -2.03. The van der Waals surface area contributed by atoms with E-state index >= 15 is 0 Å². The van der Waals surface area contributed by atoms with Crippen LogP contribution in [-0.4, -0.2) is 24.3 Å². The maximum Gasteiger partial charge on any atom is 0.275 e. The van der Waals surface area contributed by atoms with Crippen molar-refractivity contribution < 1.29 is 14.6 Å². The van der Waals surface area contributed by atoms with Crippen LogP contribution in [0.1, 0.15) is 15.9 Å². The fraction of sp³-hybridized carbons (Fsp3) is 0.0667. The molecule has 0 saturated heterocycles. The van der Waals surface area contributed by atoms with Crippen LogP contribution in [0.3, 0.4) is 0 Å². The highest BCUT2D eigenvalue weighted by atomic mass is 35.5. The Kier molecular flexibility index (Phi) is 4.79. The van der Waals surface area contributed by atoms with E-state index in [0.717, 1.165) is 11.3 Å². The van der Waals surface area contributed by atoms with E-state index < -0.39 is 5.91 Å². The van der Waals surface area contributed by atoms with E-state index in [-0.39, 0.29) is 11.3 Å². The number of nitrogens with one attached hydrogen (secondary N) is 1. The van der Waals surface area contributed by atoms with Gasteiger partial charge in [0.05, 0.1) is 18.9 Å². The number of halogens is 1. The summed E-state index contributed by atoms with van der Waals surface area (Å²) in [5.74, 6) is 0.0239. The Balaban J connectivity index is 2.01. The van der Waals surface area contributed by atoms with Crippen molar-refractivity contribution in [1.29, 1.82) is 0 Å². The van der Waals surface area contributed by atoms with Crippen LogP contribution in [0.2, 0.25) is 5.02 Å². The van der Waals surface area contributed by atoms with E-state index in [1.54, 1.807) is 31.4 Å². The molecule has 1 amide bonds. The van der Waals surface area contributed by atoms with E-state index in [4.69, 9.17) is 16.3 Å². The van der Waals surface area contributed by atoms with Crippen molar-refractivity contribution in [3.8, 4) is 11.5 Å². The number of aromatic hydroxyl groups is 1. The van der Waals surface area contributed by atoms with Gasteiger partial charge in [0.2, 0.25) is 0 Å². The number of amides is 1. The largest absolute Gasteiger partial charge is 0.507 e. The second-order valence-electron chi connectivity index (χ2n) is 4.13. The molecule has 0 saturated carbocycles. The number of rotatable bonds is 4. The van der Waals surface area contributed by atoms with Crippen molar-refractivity contribution in [3.63, 3.8) is 0 Å². The zero-order chi connectivity index (χ0) is 15.2. The molecule has 2 aromatic carbocycles. The van der Waals surface area contributed by atoms with E-state index in [9.17, 15) is 9.90 Å². The third kappa shape index (κ3) is 3.97. The number of hydrogen-bond donors (Lipinski definition) is 2. The van der Waals surface area contributed by atoms with E-state index in [2.05, 4.69) is 10.5 Å². The third-order valence-corrected chi connectivity index (χ3v) is 2.94. The van der Waals surface area contributed by atoms with Crippen LogP contribution >= 0.6 is 11.6 Å². The second-order valence-corrected chi connectivity index (χ2v) is 4.57. The molecule has 0 spiro atoms. The second kappa shape index (κ2) is 6.76. The minimum atomic E-state index is -0.520. The van der Waals surface area contributed by atoms with Gasteiger partial charge in [-0.25, -0.2) is 5.43 Å². The monoisotopic (exact) mass is 304 g/mol. The van der Waals surface area contributed by atoms with Gasteiger partial charge in [0, 0.05) is 5.02 Å². The number of carbonyl (C=O) groups excluding carboxylic acids is 1. The summed E-state index contributed by atoms with van der Waals surface area (Å²) in [5, 5.41) is 13.8. The minimum absolute atomic E-state index is 0.103. The first-order valence-corrected chi connectivity index (χ1v) is 6.44. The van der Waals surface area contributed by atoms with Crippen LogP contribution in [-0.2, 0) is 0 Å². The van der Waals surface area contributed by atoms with Gasteiger partial charge in [0.15, 0.2) is 0 Å². The summed E-state index contributed by atoms with van der Waals surface area (Å²) >= 11 is 5.70. The molecule has 0 radical (unpaired) electrons. The Morgan fingerprint density at radius 3 is 2.62 bits per heavy atom. The van der Waals surface area contributed by atoms with Crippen molar-refractivity contribution in [2.24, 2.45) is 5.10 Å². The Bertz CT molecular complexity index is 669. The predicted molar refractivity (Wildman–Crippen MR) is 81.2 cm³/mol. The fourth-order valence-corrected chi connectivity index (χ4v) is 1.78. The number of carbonyl (C=O) groups is 1. The summed E-state index contributed by atoms with van der Waals surface area (Å²) in [4.78, 5) is 11.8. The smallest absolute Gasteiger partial charge is 0.275 e. The Morgan fingerprint density at radius 1 is 1.29 bits per heavy atom. The lowest BCUT2D eigenvalue weighted by molar-refractivity contribution is 0.0952. The first kappa shape index (κ1) is 14.9. The van der Waals surface area contributed by atoms with Gasteiger partial charge in [-0.2, -0.15) is 5.10 Å². The molecule has 0 unspecified atom stereocenters. The van der Waals surface area contributed by atoms with Crippen LogP contribution in [0, 0.1) is 0 Å². The molecule has 0 aliphatic rings.